The number of aryl methyl sites for hydroxylation is 1. The predicted octanol–water partition coefficient (Wildman–Crippen LogP) is 3.06. The fraction of sp³-hybridized carbons (Fsp3) is 0.0769. The lowest BCUT2D eigenvalue weighted by Gasteiger charge is -2.02. The van der Waals surface area contributed by atoms with E-state index in [1.165, 1.54) is 0 Å². The van der Waals surface area contributed by atoms with Crippen molar-refractivity contribution in [3.8, 4) is 17.1 Å². The Hall–Kier alpha value is -2.07. The lowest BCUT2D eigenvalue weighted by atomic mass is 10.2. The first-order valence-electron chi connectivity index (χ1n) is 5.45. The van der Waals surface area contributed by atoms with Crippen LogP contribution in [0.25, 0.3) is 16.9 Å². The number of nitrogens with zero attached hydrogens (tertiary/aromatic N) is 3. The first kappa shape index (κ1) is 11.0. The summed E-state index contributed by atoms with van der Waals surface area (Å²) in [6.07, 6.45) is 3.39. The molecule has 0 unspecified atom stereocenters. The van der Waals surface area contributed by atoms with Crippen LogP contribution < -0.4 is 0 Å². The molecule has 1 N–H and O–H groups in total. The van der Waals surface area contributed by atoms with E-state index >= 15 is 0 Å². The van der Waals surface area contributed by atoms with E-state index < -0.39 is 0 Å². The molecule has 5 heteroatoms. The van der Waals surface area contributed by atoms with Gasteiger partial charge in [-0.25, -0.2) is 4.98 Å². The van der Waals surface area contributed by atoms with Crippen molar-refractivity contribution < 1.29 is 5.11 Å². The molecule has 3 rings (SSSR count). The van der Waals surface area contributed by atoms with Gasteiger partial charge in [-0.15, -0.1) is 0 Å². The molecular weight excluding hydrogens is 250 g/mol. The molecule has 1 aromatic carbocycles. The van der Waals surface area contributed by atoms with E-state index in [0.717, 1.165) is 11.3 Å². The summed E-state index contributed by atoms with van der Waals surface area (Å²) in [4.78, 5) is 8.51. The third-order valence-electron chi connectivity index (χ3n) is 2.79. The molecule has 0 aliphatic carbocycles. The van der Waals surface area contributed by atoms with Crippen LogP contribution in [0.2, 0.25) is 5.02 Å². The van der Waals surface area contributed by atoms with Crippen molar-refractivity contribution in [2.75, 3.05) is 0 Å². The number of aromatic hydroxyl groups is 1. The second-order valence-electron chi connectivity index (χ2n) is 4.03. The highest BCUT2D eigenvalue weighted by Crippen LogP contribution is 2.23. The van der Waals surface area contributed by atoms with Gasteiger partial charge in [0.2, 0.25) is 5.88 Å². The van der Waals surface area contributed by atoms with Gasteiger partial charge in [0.1, 0.15) is 5.69 Å². The molecule has 4 nitrogen and oxygen atoms in total. The minimum Gasteiger partial charge on any atom is -0.493 e. The number of halogens is 1. The monoisotopic (exact) mass is 259 g/mol. The second-order valence-corrected chi connectivity index (χ2v) is 4.46. The van der Waals surface area contributed by atoms with E-state index in [2.05, 4.69) is 9.97 Å². The Morgan fingerprint density at radius 1 is 1.22 bits per heavy atom. The predicted molar refractivity (Wildman–Crippen MR) is 69.8 cm³/mol. The van der Waals surface area contributed by atoms with Gasteiger partial charge in [-0.1, -0.05) is 23.7 Å². The number of hydrogen-bond acceptors (Lipinski definition) is 3. The zero-order valence-corrected chi connectivity index (χ0v) is 10.4. The van der Waals surface area contributed by atoms with E-state index in [4.69, 9.17) is 11.6 Å². The van der Waals surface area contributed by atoms with Crippen LogP contribution in [-0.4, -0.2) is 19.5 Å². The molecule has 0 atom stereocenters. The van der Waals surface area contributed by atoms with Crippen molar-refractivity contribution >= 4 is 17.2 Å². The van der Waals surface area contributed by atoms with Gasteiger partial charge < -0.3 is 5.11 Å². The summed E-state index contributed by atoms with van der Waals surface area (Å²) in [5.74, 6) is 0.141. The zero-order chi connectivity index (χ0) is 12.7. The Bertz CT molecular complexity index is 719. The molecule has 0 amide bonds. The first-order chi connectivity index (χ1) is 8.65. The van der Waals surface area contributed by atoms with Crippen LogP contribution in [0.3, 0.4) is 0 Å². The Morgan fingerprint density at radius 3 is 2.67 bits per heavy atom. The summed E-state index contributed by atoms with van der Waals surface area (Å²) < 4.78 is 1.62. The summed E-state index contributed by atoms with van der Waals surface area (Å²) in [6.45, 7) is 1.75. The molecule has 0 saturated heterocycles. The maximum atomic E-state index is 9.87. The summed E-state index contributed by atoms with van der Waals surface area (Å²) >= 11 is 5.85. The summed E-state index contributed by atoms with van der Waals surface area (Å²) in [5, 5.41) is 10.5. The molecular formula is C13H10ClN3O. The Labute approximate surface area is 109 Å². The van der Waals surface area contributed by atoms with Gasteiger partial charge in [0, 0.05) is 16.8 Å². The Kier molecular flexibility index (Phi) is 2.45. The highest BCUT2D eigenvalue weighted by atomic mass is 35.5. The minimum absolute atomic E-state index is 0.141. The quantitative estimate of drug-likeness (QED) is 0.731. The fourth-order valence-corrected chi connectivity index (χ4v) is 1.96. The van der Waals surface area contributed by atoms with Crippen molar-refractivity contribution in [3.05, 3.63) is 47.4 Å². The van der Waals surface area contributed by atoms with Crippen LogP contribution in [0.15, 0.2) is 36.7 Å². The minimum atomic E-state index is 0.141. The molecule has 0 radical (unpaired) electrons. The number of rotatable bonds is 1. The Balaban J connectivity index is 2.18. The van der Waals surface area contributed by atoms with Crippen LogP contribution in [0.5, 0.6) is 5.88 Å². The van der Waals surface area contributed by atoms with Crippen LogP contribution >= 0.6 is 11.6 Å². The summed E-state index contributed by atoms with van der Waals surface area (Å²) in [6, 6.07) is 7.39. The van der Waals surface area contributed by atoms with Crippen molar-refractivity contribution in [1.82, 2.24) is 14.4 Å². The smallest absolute Gasteiger partial charge is 0.219 e. The van der Waals surface area contributed by atoms with E-state index in [9.17, 15) is 5.11 Å². The number of benzene rings is 1. The van der Waals surface area contributed by atoms with Crippen molar-refractivity contribution in [1.29, 1.82) is 0 Å². The number of imidazole rings is 1. The van der Waals surface area contributed by atoms with Crippen LogP contribution in [0.1, 0.15) is 5.69 Å². The third kappa shape index (κ3) is 1.71. The number of fused-ring (bicyclic) bond motifs is 1. The molecule has 0 aliphatic heterocycles. The topological polar surface area (TPSA) is 50.4 Å². The standard InChI is InChI=1S/C13H10ClN3O/c1-8-13(18)17-7-11(15-6-12(17)16-8)9-2-4-10(14)5-3-9/h2-7,18H,1H3. The normalized spacial score (nSPS) is 11.0. The second kappa shape index (κ2) is 3.99. The van der Waals surface area contributed by atoms with Gasteiger partial charge in [0.25, 0.3) is 0 Å². The first-order valence-corrected chi connectivity index (χ1v) is 5.82. The van der Waals surface area contributed by atoms with Crippen molar-refractivity contribution in [3.63, 3.8) is 0 Å². The van der Waals surface area contributed by atoms with Crippen LogP contribution in [-0.2, 0) is 0 Å². The highest BCUT2D eigenvalue weighted by molar-refractivity contribution is 6.30. The largest absolute Gasteiger partial charge is 0.493 e. The molecule has 2 heterocycles. The zero-order valence-electron chi connectivity index (χ0n) is 9.63. The molecule has 2 aromatic heterocycles. The van der Waals surface area contributed by atoms with Crippen molar-refractivity contribution in [2.24, 2.45) is 0 Å². The van der Waals surface area contributed by atoms with Gasteiger partial charge in [0.15, 0.2) is 5.65 Å². The van der Waals surface area contributed by atoms with Gasteiger partial charge in [-0.3, -0.25) is 9.38 Å². The lowest BCUT2D eigenvalue weighted by Crippen LogP contribution is -1.90. The molecule has 0 saturated carbocycles. The SMILES string of the molecule is Cc1nc2cnc(-c3ccc(Cl)cc3)cn2c1O. The van der Waals surface area contributed by atoms with Gasteiger partial charge in [-0.2, -0.15) is 0 Å². The van der Waals surface area contributed by atoms with Gasteiger partial charge in [-0.05, 0) is 19.1 Å². The van der Waals surface area contributed by atoms with E-state index in [1.54, 1.807) is 23.7 Å². The lowest BCUT2D eigenvalue weighted by molar-refractivity contribution is 0.444. The molecule has 0 spiro atoms. The molecule has 0 fully saturated rings. The molecule has 18 heavy (non-hydrogen) atoms. The summed E-state index contributed by atoms with van der Waals surface area (Å²) in [5.41, 5.74) is 2.91. The average molecular weight is 260 g/mol. The van der Waals surface area contributed by atoms with Crippen molar-refractivity contribution in [2.45, 2.75) is 6.92 Å². The van der Waals surface area contributed by atoms with Gasteiger partial charge >= 0.3 is 0 Å². The summed E-state index contributed by atoms with van der Waals surface area (Å²) in [7, 11) is 0. The van der Waals surface area contributed by atoms with E-state index in [1.807, 2.05) is 24.3 Å². The molecule has 3 aromatic rings. The third-order valence-corrected chi connectivity index (χ3v) is 3.04. The number of aromatic nitrogens is 3. The maximum absolute atomic E-state index is 9.87. The van der Waals surface area contributed by atoms with Crippen LogP contribution in [0, 0.1) is 6.92 Å². The van der Waals surface area contributed by atoms with Crippen LogP contribution in [0.4, 0.5) is 0 Å². The fourth-order valence-electron chi connectivity index (χ4n) is 1.83. The molecule has 0 aliphatic rings. The Morgan fingerprint density at radius 2 is 1.94 bits per heavy atom. The highest BCUT2D eigenvalue weighted by Gasteiger charge is 2.08. The average Bonchev–Trinajstić information content (AvgIpc) is 2.66. The van der Waals surface area contributed by atoms with E-state index in [-0.39, 0.29) is 5.88 Å². The maximum Gasteiger partial charge on any atom is 0.219 e. The molecule has 90 valence electrons. The van der Waals surface area contributed by atoms with E-state index in [0.29, 0.717) is 16.4 Å². The molecule has 0 bridgehead atoms. The van der Waals surface area contributed by atoms with Gasteiger partial charge in [0.05, 0.1) is 11.9 Å². The number of hydrogen-bond donors (Lipinski definition) is 1.